The van der Waals surface area contributed by atoms with Crippen molar-refractivity contribution in [2.24, 2.45) is 11.7 Å². The minimum absolute atomic E-state index is 0.148. The summed E-state index contributed by atoms with van der Waals surface area (Å²) in [4.78, 5) is 4.20. The van der Waals surface area contributed by atoms with Crippen molar-refractivity contribution in [2.45, 2.75) is 50.7 Å². The zero-order valence-corrected chi connectivity index (χ0v) is 13.2. The monoisotopic (exact) mass is 300 g/mol. The predicted molar refractivity (Wildman–Crippen MR) is 77.8 cm³/mol. The molecule has 1 aliphatic rings. The highest BCUT2D eigenvalue weighted by molar-refractivity contribution is 7.89. The SMILES string of the molecule is CCCn1cc(S(=O)(=O)N(C)CC2CC(N)C2)nc1C. The summed E-state index contributed by atoms with van der Waals surface area (Å²) in [6.07, 6.45) is 4.40. The van der Waals surface area contributed by atoms with Crippen LogP contribution in [-0.2, 0) is 16.6 Å². The molecule has 2 rings (SSSR count). The molecule has 20 heavy (non-hydrogen) atoms. The van der Waals surface area contributed by atoms with Crippen LogP contribution in [0.3, 0.4) is 0 Å². The van der Waals surface area contributed by atoms with Gasteiger partial charge in [-0.1, -0.05) is 6.92 Å². The van der Waals surface area contributed by atoms with Crippen LogP contribution in [0.4, 0.5) is 0 Å². The number of aromatic nitrogens is 2. The molecule has 1 aliphatic carbocycles. The standard InChI is InChI=1S/C13H24N4O2S/c1-4-5-17-9-13(15-10(17)2)20(18,19)16(3)8-11-6-12(14)7-11/h9,11-12H,4-8,14H2,1-3H3. The average Bonchev–Trinajstić information content (AvgIpc) is 2.70. The molecule has 7 heteroatoms. The Balaban J connectivity index is 2.10. The molecule has 0 bridgehead atoms. The van der Waals surface area contributed by atoms with Gasteiger partial charge in [-0.25, -0.2) is 13.4 Å². The highest BCUT2D eigenvalue weighted by atomic mass is 32.2. The Morgan fingerprint density at radius 1 is 1.50 bits per heavy atom. The fourth-order valence-corrected chi connectivity index (χ4v) is 3.86. The van der Waals surface area contributed by atoms with Gasteiger partial charge in [-0.05, 0) is 32.1 Å². The number of nitrogens with two attached hydrogens (primary N) is 1. The minimum Gasteiger partial charge on any atom is -0.334 e. The first-order valence-electron chi connectivity index (χ1n) is 7.10. The molecule has 114 valence electrons. The molecule has 1 fully saturated rings. The van der Waals surface area contributed by atoms with Crippen LogP contribution in [0, 0.1) is 12.8 Å². The van der Waals surface area contributed by atoms with Gasteiger partial charge in [-0.3, -0.25) is 0 Å². The average molecular weight is 300 g/mol. The summed E-state index contributed by atoms with van der Waals surface area (Å²) < 4.78 is 28.2. The van der Waals surface area contributed by atoms with Crippen LogP contribution >= 0.6 is 0 Å². The van der Waals surface area contributed by atoms with Crippen molar-refractivity contribution >= 4 is 10.0 Å². The lowest BCUT2D eigenvalue weighted by Gasteiger charge is -2.34. The summed E-state index contributed by atoms with van der Waals surface area (Å²) in [6.45, 7) is 5.20. The summed E-state index contributed by atoms with van der Waals surface area (Å²) >= 11 is 0. The fourth-order valence-electron chi connectivity index (χ4n) is 2.63. The zero-order chi connectivity index (χ0) is 14.9. The largest absolute Gasteiger partial charge is 0.334 e. The van der Waals surface area contributed by atoms with Gasteiger partial charge >= 0.3 is 0 Å². The first kappa shape index (κ1) is 15.5. The lowest BCUT2D eigenvalue weighted by Crippen LogP contribution is -2.43. The molecule has 0 radical (unpaired) electrons. The predicted octanol–water partition coefficient (Wildman–Crippen LogP) is 0.959. The fraction of sp³-hybridized carbons (Fsp3) is 0.769. The number of hydrogen-bond acceptors (Lipinski definition) is 4. The van der Waals surface area contributed by atoms with Crippen molar-refractivity contribution in [3.63, 3.8) is 0 Å². The molecule has 0 amide bonds. The molecule has 0 spiro atoms. The van der Waals surface area contributed by atoms with E-state index in [1.807, 2.05) is 11.5 Å². The van der Waals surface area contributed by atoms with Crippen LogP contribution in [0.1, 0.15) is 32.0 Å². The third kappa shape index (κ3) is 3.05. The number of sulfonamides is 1. The molecule has 6 nitrogen and oxygen atoms in total. The molecule has 0 atom stereocenters. The first-order chi connectivity index (χ1) is 9.34. The van der Waals surface area contributed by atoms with Gasteiger partial charge in [0.2, 0.25) is 0 Å². The van der Waals surface area contributed by atoms with Crippen LogP contribution in [0.2, 0.25) is 0 Å². The van der Waals surface area contributed by atoms with Crippen molar-refractivity contribution in [3.8, 4) is 0 Å². The molecule has 1 aromatic heterocycles. The Bertz CT molecular complexity index is 561. The van der Waals surface area contributed by atoms with E-state index in [9.17, 15) is 8.42 Å². The van der Waals surface area contributed by atoms with E-state index < -0.39 is 10.0 Å². The maximum absolute atomic E-state index is 12.5. The Morgan fingerprint density at radius 2 is 2.15 bits per heavy atom. The second kappa shape index (κ2) is 5.83. The normalized spacial score (nSPS) is 23.1. The van der Waals surface area contributed by atoms with E-state index in [0.717, 1.165) is 31.6 Å². The quantitative estimate of drug-likeness (QED) is 0.848. The van der Waals surface area contributed by atoms with E-state index in [-0.39, 0.29) is 11.1 Å². The van der Waals surface area contributed by atoms with E-state index in [1.165, 1.54) is 4.31 Å². The van der Waals surface area contributed by atoms with Crippen molar-refractivity contribution in [1.29, 1.82) is 0 Å². The number of imidazole rings is 1. The lowest BCUT2D eigenvalue weighted by molar-refractivity contribution is 0.227. The van der Waals surface area contributed by atoms with Gasteiger partial charge in [0, 0.05) is 32.4 Å². The molecule has 0 aliphatic heterocycles. The number of hydrogen-bond donors (Lipinski definition) is 1. The molecular weight excluding hydrogens is 276 g/mol. The Labute approximate surface area is 121 Å². The van der Waals surface area contributed by atoms with Gasteiger partial charge in [0.05, 0.1) is 0 Å². The number of rotatable bonds is 6. The second-order valence-electron chi connectivity index (χ2n) is 5.70. The van der Waals surface area contributed by atoms with Gasteiger partial charge in [-0.15, -0.1) is 0 Å². The molecule has 0 saturated heterocycles. The van der Waals surface area contributed by atoms with E-state index in [4.69, 9.17) is 5.73 Å². The highest BCUT2D eigenvalue weighted by Crippen LogP contribution is 2.27. The summed E-state index contributed by atoms with van der Waals surface area (Å²) in [5.41, 5.74) is 5.74. The first-order valence-corrected chi connectivity index (χ1v) is 8.54. The maximum atomic E-state index is 12.5. The molecule has 0 aromatic carbocycles. The van der Waals surface area contributed by atoms with E-state index in [2.05, 4.69) is 11.9 Å². The van der Waals surface area contributed by atoms with E-state index in [0.29, 0.717) is 12.5 Å². The molecule has 1 aromatic rings. The molecule has 1 saturated carbocycles. The second-order valence-corrected chi connectivity index (χ2v) is 7.69. The van der Waals surface area contributed by atoms with E-state index >= 15 is 0 Å². The third-order valence-corrected chi connectivity index (χ3v) is 5.58. The summed E-state index contributed by atoms with van der Waals surface area (Å²) in [7, 11) is -1.87. The minimum atomic E-state index is -3.49. The van der Waals surface area contributed by atoms with Crippen LogP contribution in [-0.4, -0.2) is 41.9 Å². The molecule has 2 N–H and O–H groups in total. The van der Waals surface area contributed by atoms with Gasteiger partial charge in [0.1, 0.15) is 5.82 Å². The van der Waals surface area contributed by atoms with Crippen molar-refractivity contribution in [1.82, 2.24) is 13.9 Å². The zero-order valence-electron chi connectivity index (χ0n) is 12.4. The Kier molecular flexibility index (Phi) is 4.51. The maximum Gasteiger partial charge on any atom is 0.261 e. The van der Waals surface area contributed by atoms with Crippen LogP contribution in [0.15, 0.2) is 11.2 Å². The topological polar surface area (TPSA) is 81.2 Å². The van der Waals surface area contributed by atoms with Crippen molar-refractivity contribution < 1.29 is 8.42 Å². The Hall–Kier alpha value is -0.920. The van der Waals surface area contributed by atoms with Gasteiger partial charge in [0.15, 0.2) is 5.03 Å². The molecule has 1 heterocycles. The summed E-state index contributed by atoms with van der Waals surface area (Å²) in [5, 5.41) is 0.148. The van der Waals surface area contributed by atoms with Crippen LogP contribution < -0.4 is 5.73 Å². The summed E-state index contributed by atoms with van der Waals surface area (Å²) in [6, 6.07) is 0.238. The smallest absolute Gasteiger partial charge is 0.261 e. The van der Waals surface area contributed by atoms with E-state index in [1.54, 1.807) is 13.2 Å². The van der Waals surface area contributed by atoms with Crippen molar-refractivity contribution in [2.75, 3.05) is 13.6 Å². The lowest BCUT2D eigenvalue weighted by atomic mass is 9.81. The Morgan fingerprint density at radius 3 is 2.70 bits per heavy atom. The molecule has 0 unspecified atom stereocenters. The van der Waals surface area contributed by atoms with Crippen molar-refractivity contribution in [3.05, 3.63) is 12.0 Å². The molecular formula is C13H24N4O2S. The third-order valence-electron chi connectivity index (χ3n) is 3.88. The number of aryl methyl sites for hydroxylation is 2. The van der Waals surface area contributed by atoms with Gasteiger partial charge < -0.3 is 10.3 Å². The van der Waals surface area contributed by atoms with Gasteiger partial charge in [-0.2, -0.15) is 4.31 Å². The van der Waals surface area contributed by atoms with Crippen LogP contribution in [0.5, 0.6) is 0 Å². The number of nitrogens with zero attached hydrogens (tertiary/aromatic N) is 3. The van der Waals surface area contributed by atoms with Gasteiger partial charge in [0.25, 0.3) is 10.0 Å². The van der Waals surface area contributed by atoms with Crippen LogP contribution in [0.25, 0.3) is 0 Å². The summed E-state index contributed by atoms with van der Waals surface area (Å²) in [5.74, 6) is 1.12. The highest BCUT2D eigenvalue weighted by Gasteiger charge is 2.32.